The Labute approximate surface area is 407 Å². The Hall–Kier alpha value is -8.98. The summed E-state index contributed by atoms with van der Waals surface area (Å²) in [4.78, 5) is 91.9. The number of carbonyl (C=O) groups is 6. The molecule has 21 nitrogen and oxygen atoms in total. The molecule has 21 heteroatoms. The molecule has 0 aliphatic heterocycles. The molecule has 0 spiro atoms. The number of methoxy groups -OCH3 is 2. The number of nitrogens with zero attached hydrogens (tertiary/aromatic N) is 4. The van der Waals surface area contributed by atoms with E-state index in [1.165, 1.54) is 26.0 Å². The number of aromatic nitrogens is 4. The molecule has 8 N–H and O–H groups in total. The van der Waals surface area contributed by atoms with Gasteiger partial charge in [-0.3, -0.25) is 29.8 Å². The Morgan fingerprint density at radius 1 is 0.451 bits per heavy atom. The molecule has 0 aliphatic carbocycles. The Morgan fingerprint density at radius 3 is 1.07 bits per heavy atom. The summed E-state index contributed by atoms with van der Waals surface area (Å²) in [6.07, 6.45) is -0.641. The number of hydrogen-bond acceptors (Lipinski definition) is 13. The van der Waals surface area contributed by atoms with Gasteiger partial charge in [-0.1, -0.05) is 72.8 Å². The summed E-state index contributed by atoms with van der Waals surface area (Å²) in [7, 11) is 3.10. The molecule has 368 valence electrons. The van der Waals surface area contributed by atoms with Crippen molar-refractivity contribution < 1.29 is 53.2 Å². The van der Waals surface area contributed by atoms with Crippen LogP contribution in [0, 0.1) is 0 Å². The van der Waals surface area contributed by atoms with E-state index in [0.717, 1.165) is 23.8 Å². The van der Waals surface area contributed by atoms with Crippen LogP contribution in [0.3, 0.4) is 0 Å². The zero-order valence-electron chi connectivity index (χ0n) is 39.1. The van der Waals surface area contributed by atoms with E-state index < -0.39 is 47.3 Å². The average molecular weight is 969 g/mol. The molecule has 0 saturated heterocycles. The van der Waals surface area contributed by atoms with E-state index in [4.69, 9.17) is 14.2 Å². The number of amides is 6. The fraction of sp³-hybridized carbons (Fsp3) is 0.240. The molecule has 0 bridgehead atoms. The predicted molar refractivity (Wildman–Crippen MR) is 255 cm³/mol. The van der Waals surface area contributed by atoms with Crippen LogP contribution >= 0.6 is 0 Å². The molecule has 6 amide bonds. The largest absolute Gasteiger partial charge is 0.497 e. The van der Waals surface area contributed by atoms with Crippen molar-refractivity contribution in [2.45, 2.75) is 64.3 Å². The fourth-order valence-electron chi connectivity index (χ4n) is 7.36. The first-order valence-corrected chi connectivity index (χ1v) is 21.9. The first-order chi connectivity index (χ1) is 34.0. The van der Waals surface area contributed by atoms with E-state index in [1.807, 2.05) is 12.1 Å². The highest BCUT2D eigenvalue weighted by Crippen LogP contribution is 2.26. The lowest BCUT2D eigenvalue weighted by Crippen LogP contribution is -2.60. The molecule has 0 radical (unpaired) electrons. The van der Waals surface area contributed by atoms with Gasteiger partial charge in [0.15, 0.2) is 0 Å². The normalized spacial score (nSPS) is 12.5. The summed E-state index contributed by atoms with van der Waals surface area (Å²) >= 11 is 0. The lowest BCUT2D eigenvalue weighted by Gasteiger charge is -2.40. The van der Waals surface area contributed by atoms with Crippen LogP contribution in [0.1, 0.15) is 89.2 Å². The van der Waals surface area contributed by atoms with Crippen LogP contribution in [0.5, 0.6) is 11.5 Å². The van der Waals surface area contributed by atoms with Crippen molar-refractivity contribution in [1.82, 2.24) is 51.8 Å². The second-order valence-electron chi connectivity index (χ2n) is 16.4. The number of rotatable bonds is 22. The zero-order valence-corrected chi connectivity index (χ0v) is 39.1. The summed E-state index contributed by atoms with van der Waals surface area (Å²) < 4.78 is 16.8. The lowest BCUT2D eigenvalue weighted by atomic mass is 9.99. The number of benzene rings is 4. The SMILES string of the molecule is COc1cccc(CNC(=O)c2cc(C(=O)NCc3ccc(CC(C)(NC(=O)O)OC(C)(Cc4ccc(CNC(=O)c5cc(C(=O)NCc6cccc(OC)c6)ncn5)cc4)NC(=O)O)cc3)ncn2)c1. The third kappa shape index (κ3) is 15.5. The smallest absolute Gasteiger partial charge is 0.406 e. The van der Waals surface area contributed by atoms with Crippen LogP contribution in [0.15, 0.2) is 122 Å². The standard InChI is InChI=1S/C50H52N10O11/c1-49(59-47(65)66,23-31-11-15-33(16-12-31)25-51-43(61)39-21-41(57-29-55-39)45(63)53-27-35-7-5-9-37(19-35)69-3)71-50(2,60-48(67)68)24-32-13-17-34(18-14-32)26-52-44(62)40-22-42(58-30-56-40)46(64)54-28-36-8-6-10-38(20-36)70-4/h5-22,29-30,59-60H,23-28H2,1-4H3,(H,51,61)(H,52,62)(H,53,63)(H,54,64)(H,65,66)(H,67,68). The molecule has 2 atom stereocenters. The lowest BCUT2D eigenvalue weighted by molar-refractivity contribution is -0.162. The van der Waals surface area contributed by atoms with Crippen LogP contribution in [-0.2, 0) is 43.8 Å². The van der Waals surface area contributed by atoms with Crippen molar-refractivity contribution in [3.8, 4) is 11.5 Å². The van der Waals surface area contributed by atoms with Gasteiger partial charge in [-0.05, 0) is 71.5 Å². The second kappa shape index (κ2) is 23.8. The highest BCUT2D eigenvalue weighted by molar-refractivity contribution is 5.98. The van der Waals surface area contributed by atoms with Gasteiger partial charge in [0.2, 0.25) is 0 Å². The minimum absolute atomic E-state index is 0.00560. The van der Waals surface area contributed by atoms with Gasteiger partial charge in [0.1, 0.15) is 58.4 Å². The Kier molecular flexibility index (Phi) is 17.3. The van der Waals surface area contributed by atoms with E-state index in [-0.39, 0.29) is 61.8 Å². The minimum atomic E-state index is -1.66. The number of ether oxygens (including phenoxy) is 3. The van der Waals surface area contributed by atoms with E-state index >= 15 is 0 Å². The highest BCUT2D eigenvalue weighted by atomic mass is 16.6. The van der Waals surface area contributed by atoms with Gasteiger partial charge in [-0.2, -0.15) is 0 Å². The number of hydrogen-bond donors (Lipinski definition) is 8. The topological polar surface area (TPSA) is 294 Å². The molecule has 2 heterocycles. The maximum Gasteiger partial charge on any atom is 0.406 e. The molecule has 2 unspecified atom stereocenters. The minimum Gasteiger partial charge on any atom is -0.497 e. The predicted octanol–water partition coefficient (Wildman–Crippen LogP) is 4.77. The monoisotopic (exact) mass is 968 g/mol. The molecule has 6 aromatic rings. The summed E-state index contributed by atoms with van der Waals surface area (Å²) in [5, 5.41) is 35.5. The van der Waals surface area contributed by atoms with Crippen LogP contribution in [-0.4, -0.2) is 91.6 Å². The number of carbonyl (C=O) groups excluding carboxylic acids is 4. The van der Waals surface area contributed by atoms with Crippen LogP contribution in [0.4, 0.5) is 9.59 Å². The molecule has 2 aromatic heterocycles. The fourth-order valence-corrected chi connectivity index (χ4v) is 7.36. The summed E-state index contributed by atoms with van der Waals surface area (Å²) in [5.74, 6) is -0.792. The summed E-state index contributed by atoms with van der Waals surface area (Å²) in [5.41, 5.74) is 0.878. The average Bonchev–Trinajstić information content (AvgIpc) is 3.36. The summed E-state index contributed by atoms with van der Waals surface area (Å²) in [6, 6.07) is 30.8. The van der Waals surface area contributed by atoms with Crippen molar-refractivity contribution in [2.24, 2.45) is 0 Å². The van der Waals surface area contributed by atoms with Crippen LogP contribution in [0.25, 0.3) is 0 Å². The van der Waals surface area contributed by atoms with Gasteiger partial charge in [0.05, 0.1) is 14.2 Å². The van der Waals surface area contributed by atoms with Crippen molar-refractivity contribution in [2.75, 3.05) is 14.2 Å². The Morgan fingerprint density at radius 2 is 0.761 bits per heavy atom. The van der Waals surface area contributed by atoms with Crippen LogP contribution < -0.4 is 41.4 Å². The maximum atomic E-state index is 13.0. The molecular formula is C50H52N10O11. The molecule has 6 rings (SSSR count). The number of carboxylic acid groups (broad SMARTS) is 2. The molecular weight excluding hydrogens is 917 g/mol. The van der Waals surface area contributed by atoms with Crippen molar-refractivity contribution in [1.29, 1.82) is 0 Å². The van der Waals surface area contributed by atoms with E-state index in [2.05, 4.69) is 51.8 Å². The summed E-state index contributed by atoms with van der Waals surface area (Å²) in [6.45, 7) is 3.55. The second-order valence-corrected chi connectivity index (χ2v) is 16.4. The van der Waals surface area contributed by atoms with E-state index in [9.17, 15) is 39.0 Å². The van der Waals surface area contributed by atoms with E-state index in [1.54, 1.807) is 99.1 Å². The molecule has 4 aromatic carbocycles. The quantitative estimate of drug-likeness (QED) is 0.0425. The highest BCUT2D eigenvalue weighted by Gasteiger charge is 2.39. The Balaban J connectivity index is 1.02. The molecule has 71 heavy (non-hydrogen) atoms. The van der Waals surface area contributed by atoms with Crippen LogP contribution in [0.2, 0.25) is 0 Å². The molecule has 0 saturated carbocycles. The Bertz CT molecular complexity index is 2680. The van der Waals surface area contributed by atoms with Crippen molar-refractivity contribution in [3.05, 3.63) is 178 Å². The third-order valence-corrected chi connectivity index (χ3v) is 10.7. The van der Waals surface area contributed by atoms with Crippen molar-refractivity contribution >= 4 is 35.8 Å². The zero-order chi connectivity index (χ0) is 51.0. The third-order valence-electron chi connectivity index (χ3n) is 10.7. The first-order valence-electron chi connectivity index (χ1n) is 21.9. The number of nitrogens with one attached hydrogen (secondary N) is 6. The van der Waals surface area contributed by atoms with Gasteiger partial charge in [0, 0.05) is 51.2 Å². The van der Waals surface area contributed by atoms with Gasteiger partial charge in [0.25, 0.3) is 23.6 Å². The van der Waals surface area contributed by atoms with Gasteiger partial charge < -0.3 is 45.7 Å². The van der Waals surface area contributed by atoms with Gasteiger partial charge in [-0.25, -0.2) is 29.5 Å². The van der Waals surface area contributed by atoms with Gasteiger partial charge >= 0.3 is 12.2 Å². The molecule has 0 fully saturated rings. The molecule has 0 aliphatic rings. The van der Waals surface area contributed by atoms with E-state index in [0.29, 0.717) is 33.8 Å². The van der Waals surface area contributed by atoms with Crippen molar-refractivity contribution in [3.63, 3.8) is 0 Å². The first kappa shape index (κ1) is 51.4. The maximum absolute atomic E-state index is 13.0. The van der Waals surface area contributed by atoms with Gasteiger partial charge in [-0.15, -0.1) is 0 Å².